The molecular formula is C30H37N3O6S. The minimum Gasteiger partial charge on any atom is -0.493 e. The summed E-state index contributed by atoms with van der Waals surface area (Å²) in [6.45, 7) is 5.20. The van der Waals surface area contributed by atoms with Crippen molar-refractivity contribution in [3.05, 3.63) is 83.4 Å². The number of likely N-dealkylation sites (N-methyl/N-ethyl adjacent to an activating group) is 1. The Kier molecular flexibility index (Phi) is 10.2. The van der Waals surface area contributed by atoms with Gasteiger partial charge in [0.1, 0.15) is 12.6 Å². The van der Waals surface area contributed by atoms with Gasteiger partial charge in [0.15, 0.2) is 11.5 Å². The maximum absolute atomic E-state index is 14.1. The highest BCUT2D eigenvalue weighted by molar-refractivity contribution is 7.92. The van der Waals surface area contributed by atoms with Crippen molar-refractivity contribution in [1.82, 2.24) is 10.2 Å². The van der Waals surface area contributed by atoms with Crippen molar-refractivity contribution >= 4 is 27.5 Å². The summed E-state index contributed by atoms with van der Waals surface area (Å²) >= 11 is 0. The molecule has 0 heterocycles. The first-order chi connectivity index (χ1) is 19.1. The molecule has 3 aromatic carbocycles. The predicted molar refractivity (Wildman–Crippen MR) is 155 cm³/mol. The van der Waals surface area contributed by atoms with Gasteiger partial charge < -0.3 is 19.7 Å². The molecule has 9 nitrogen and oxygen atoms in total. The highest BCUT2D eigenvalue weighted by atomic mass is 32.2. The lowest BCUT2D eigenvalue weighted by molar-refractivity contribution is -0.140. The van der Waals surface area contributed by atoms with Crippen molar-refractivity contribution in [1.29, 1.82) is 0 Å². The molecular weight excluding hydrogens is 530 g/mol. The fourth-order valence-corrected chi connectivity index (χ4v) is 5.81. The van der Waals surface area contributed by atoms with E-state index in [-0.39, 0.29) is 23.0 Å². The van der Waals surface area contributed by atoms with E-state index < -0.39 is 28.5 Å². The molecule has 0 aliphatic rings. The second kappa shape index (κ2) is 13.3. The number of hydrogen-bond donors (Lipinski definition) is 1. The average Bonchev–Trinajstić information content (AvgIpc) is 2.96. The number of anilines is 1. The molecule has 214 valence electrons. The lowest BCUT2D eigenvalue weighted by Gasteiger charge is -2.33. The lowest BCUT2D eigenvalue weighted by atomic mass is 10.1. The van der Waals surface area contributed by atoms with Gasteiger partial charge in [-0.25, -0.2) is 8.42 Å². The first-order valence-corrected chi connectivity index (χ1v) is 14.4. The molecule has 0 unspecified atom stereocenters. The van der Waals surface area contributed by atoms with Crippen LogP contribution in [0, 0.1) is 13.8 Å². The number of nitrogens with one attached hydrogen (secondary N) is 1. The maximum Gasteiger partial charge on any atom is 0.264 e. The fraction of sp³-hybridized carbons (Fsp3) is 0.333. The van der Waals surface area contributed by atoms with Gasteiger partial charge in [0.25, 0.3) is 10.0 Å². The van der Waals surface area contributed by atoms with Crippen LogP contribution in [0.3, 0.4) is 0 Å². The largest absolute Gasteiger partial charge is 0.493 e. The summed E-state index contributed by atoms with van der Waals surface area (Å²) in [7, 11) is 0.249. The summed E-state index contributed by atoms with van der Waals surface area (Å²) in [6.07, 6.45) is 0.346. The molecule has 2 amide bonds. The third kappa shape index (κ3) is 6.74. The Morgan fingerprint density at radius 2 is 1.57 bits per heavy atom. The molecule has 40 heavy (non-hydrogen) atoms. The van der Waals surface area contributed by atoms with E-state index in [1.54, 1.807) is 24.3 Å². The second-order valence-corrected chi connectivity index (χ2v) is 11.2. The predicted octanol–water partition coefficient (Wildman–Crippen LogP) is 4.07. The van der Waals surface area contributed by atoms with E-state index in [2.05, 4.69) is 5.32 Å². The van der Waals surface area contributed by atoms with E-state index >= 15 is 0 Å². The number of methoxy groups -OCH3 is 2. The third-order valence-electron chi connectivity index (χ3n) is 6.78. The van der Waals surface area contributed by atoms with Crippen molar-refractivity contribution in [3.63, 3.8) is 0 Å². The minimum atomic E-state index is -4.19. The summed E-state index contributed by atoms with van der Waals surface area (Å²) in [5.41, 5.74) is 2.93. The Morgan fingerprint density at radius 1 is 0.925 bits per heavy atom. The number of hydrogen-bond acceptors (Lipinski definition) is 6. The number of carbonyl (C=O) groups excluding carboxylic acids is 2. The van der Waals surface area contributed by atoms with Crippen LogP contribution in [0.2, 0.25) is 0 Å². The zero-order chi connectivity index (χ0) is 29.4. The van der Waals surface area contributed by atoms with Crippen molar-refractivity contribution in [2.24, 2.45) is 0 Å². The molecule has 0 saturated heterocycles. The fourth-order valence-electron chi connectivity index (χ4n) is 4.40. The van der Waals surface area contributed by atoms with E-state index in [0.29, 0.717) is 17.9 Å². The summed E-state index contributed by atoms with van der Waals surface area (Å²) in [5, 5.41) is 2.63. The van der Waals surface area contributed by atoms with Crippen molar-refractivity contribution < 1.29 is 27.5 Å². The van der Waals surface area contributed by atoms with E-state index in [4.69, 9.17) is 9.47 Å². The van der Waals surface area contributed by atoms with Gasteiger partial charge in [0.05, 0.1) is 24.8 Å². The molecule has 0 fully saturated rings. The van der Waals surface area contributed by atoms with Crippen LogP contribution < -0.4 is 19.1 Å². The Morgan fingerprint density at radius 3 is 2.15 bits per heavy atom. The van der Waals surface area contributed by atoms with Gasteiger partial charge >= 0.3 is 0 Å². The van der Waals surface area contributed by atoms with Crippen LogP contribution in [0.5, 0.6) is 11.5 Å². The van der Waals surface area contributed by atoms with Crippen LogP contribution in [0.1, 0.15) is 30.0 Å². The molecule has 10 heteroatoms. The van der Waals surface area contributed by atoms with Crippen LogP contribution in [-0.4, -0.2) is 59.0 Å². The molecule has 1 atom stereocenters. The van der Waals surface area contributed by atoms with Crippen LogP contribution in [0.15, 0.2) is 71.6 Å². The first kappa shape index (κ1) is 30.5. The van der Waals surface area contributed by atoms with Crippen LogP contribution in [-0.2, 0) is 26.2 Å². The first-order valence-electron chi connectivity index (χ1n) is 12.9. The lowest BCUT2D eigenvalue weighted by Crippen LogP contribution is -2.51. The van der Waals surface area contributed by atoms with Gasteiger partial charge in [-0.15, -0.1) is 0 Å². The van der Waals surface area contributed by atoms with Gasteiger partial charge in [-0.05, 0) is 55.7 Å². The van der Waals surface area contributed by atoms with Gasteiger partial charge in [0.2, 0.25) is 11.8 Å². The zero-order valence-corrected chi connectivity index (χ0v) is 24.6. The second-order valence-electron chi connectivity index (χ2n) is 9.35. The highest BCUT2D eigenvalue weighted by Crippen LogP contribution is 2.34. The van der Waals surface area contributed by atoms with Crippen LogP contribution >= 0.6 is 0 Å². The van der Waals surface area contributed by atoms with Gasteiger partial charge in [-0.1, -0.05) is 48.9 Å². The van der Waals surface area contributed by atoms with Crippen molar-refractivity contribution in [2.75, 3.05) is 32.1 Å². The Balaban J connectivity index is 2.13. The van der Waals surface area contributed by atoms with E-state index in [0.717, 1.165) is 21.0 Å². The SMILES string of the molecule is CC[C@H](C(=O)NC)N(Cc1ccccc1C)C(=O)CN(c1ccc(OC)c(OC)c1)S(=O)(=O)c1ccc(C)cc1. The van der Waals surface area contributed by atoms with Gasteiger partial charge in [-0.3, -0.25) is 13.9 Å². The number of aryl methyl sites for hydroxylation is 2. The summed E-state index contributed by atoms with van der Waals surface area (Å²) in [6, 6.07) is 17.8. The molecule has 0 spiro atoms. The standard InChI is InChI=1S/C30H37N3O6S/c1-7-26(30(35)31-4)32(19-23-11-9-8-10-22(23)3)29(34)20-33(24-14-17-27(38-5)28(18-24)39-6)40(36,37)25-15-12-21(2)13-16-25/h8-18,26H,7,19-20H2,1-6H3,(H,31,35)/t26-/m1/s1. The summed E-state index contributed by atoms with van der Waals surface area (Å²) in [5.74, 6) is -0.130. The molecule has 0 aliphatic heterocycles. The number of benzene rings is 3. The highest BCUT2D eigenvalue weighted by Gasteiger charge is 2.34. The molecule has 0 radical (unpaired) electrons. The number of sulfonamides is 1. The minimum absolute atomic E-state index is 0.0319. The van der Waals surface area contributed by atoms with E-state index in [1.165, 1.54) is 44.4 Å². The monoisotopic (exact) mass is 567 g/mol. The van der Waals surface area contributed by atoms with E-state index in [1.807, 2.05) is 45.0 Å². The smallest absolute Gasteiger partial charge is 0.264 e. The van der Waals surface area contributed by atoms with Gasteiger partial charge in [0, 0.05) is 19.7 Å². The molecule has 3 rings (SSSR count). The van der Waals surface area contributed by atoms with Crippen molar-refractivity contribution in [2.45, 2.75) is 44.7 Å². The maximum atomic E-state index is 14.1. The molecule has 0 saturated carbocycles. The molecule has 0 aromatic heterocycles. The number of rotatable bonds is 12. The topological polar surface area (TPSA) is 105 Å². The van der Waals surface area contributed by atoms with Crippen molar-refractivity contribution in [3.8, 4) is 11.5 Å². The molecule has 0 aliphatic carbocycles. The number of nitrogens with zero attached hydrogens (tertiary/aromatic N) is 2. The third-order valence-corrected chi connectivity index (χ3v) is 8.57. The summed E-state index contributed by atoms with van der Waals surface area (Å²) < 4.78 is 39.8. The molecule has 1 N–H and O–H groups in total. The Hall–Kier alpha value is -4.05. The van der Waals surface area contributed by atoms with Gasteiger partial charge in [-0.2, -0.15) is 0 Å². The normalized spacial score (nSPS) is 11.8. The molecule has 0 bridgehead atoms. The van der Waals surface area contributed by atoms with Crippen LogP contribution in [0.4, 0.5) is 5.69 Å². The van der Waals surface area contributed by atoms with E-state index in [9.17, 15) is 18.0 Å². The molecule has 3 aromatic rings. The Labute approximate surface area is 236 Å². The Bertz CT molecular complexity index is 1440. The number of amides is 2. The van der Waals surface area contributed by atoms with Crippen LogP contribution in [0.25, 0.3) is 0 Å². The number of ether oxygens (including phenoxy) is 2. The number of carbonyl (C=O) groups is 2. The average molecular weight is 568 g/mol. The summed E-state index contributed by atoms with van der Waals surface area (Å²) in [4.78, 5) is 28.4. The quantitative estimate of drug-likeness (QED) is 0.354. The zero-order valence-electron chi connectivity index (χ0n) is 23.8.